The number of halogens is 2. The number of rotatable bonds is 7. The monoisotopic (exact) mass is 450 g/mol. The van der Waals surface area contributed by atoms with E-state index in [1.807, 2.05) is 43.7 Å². The number of nitrogens with zero attached hydrogens (tertiary/aromatic N) is 3. The van der Waals surface area contributed by atoms with Gasteiger partial charge in [0.2, 0.25) is 5.91 Å². The minimum absolute atomic E-state index is 0.141. The zero-order valence-electron chi connectivity index (χ0n) is 16.2. The van der Waals surface area contributed by atoms with Crippen molar-refractivity contribution in [2.45, 2.75) is 25.6 Å². The van der Waals surface area contributed by atoms with Crippen molar-refractivity contribution in [3.05, 3.63) is 63.4 Å². The number of ether oxygens (including phenoxy) is 1. The van der Waals surface area contributed by atoms with Crippen LogP contribution >= 0.6 is 35.0 Å². The Kier molecular flexibility index (Phi) is 7.05. The van der Waals surface area contributed by atoms with Crippen LogP contribution in [0.1, 0.15) is 17.0 Å². The molecule has 6 nitrogen and oxygen atoms in total. The Labute approximate surface area is 183 Å². The van der Waals surface area contributed by atoms with Gasteiger partial charge in [0.1, 0.15) is 12.4 Å². The molecule has 0 atom stereocenters. The second-order valence-corrected chi connectivity index (χ2v) is 8.24. The number of benzene rings is 2. The van der Waals surface area contributed by atoms with E-state index >= 15 is 0 Å². The molecule has 0 aliphatic carbocycles. The second kappa shape index (κ2) is 9.52. The molecule has 0 saturated heterocycles. The third kappa shape index (κ3) is 5.65. The van der Waals surface area contributed by atoms with Gasteiger partial charge in [-0.05, 0) is 55.3 Å². The summed E-state index contributed by atoms with van der Waals surface area (Å²) in [6.45, 7) is 4.09. The first kappa shape index (κ1) is 21.5. The van der Waals surface area contributed by atoms with E-state index in [2.05, 4.69) is 15.5 Å². The fraction of sp³-hybridized carbons (Fsp3) is 0.250. The number of hydrogen-bond donors (Lipinski definition) is 1. The van der Waals surface area contributed by atoms with Gasteiger partial charge in [0.15, 0.2) is 11.0 Å². The zero-order valence-corrected chi connectivity index (χ0v) is 18.5. The van der Waals surface area contributed by atoms with Crippen LogP contribution in [-0.4, -0.2) is 26.4 Å². The van der Waals surface area contributed by atoms with E-state index in [1.165, 1.54) is 11.8 Å². The van der Waals surface area contributed by atoms with Crippen LogP contribution < -0.4 is 10.1 Å². The summed E-state index contributed by atoms with van der Waals surface area (Å²) in [7, 11) is 1.84. The molecule has 29 heavy (non-hydrogen) atoms. The van der Waals surface area contributed by atoms with Gasteiger partial charge in [0.25, 0.3) is 0 Å². The van der Waals surface area contributed by atoms with E-state index < -0.39 is 0 Å². The Morgan fingerprint density at radius 2 is 1.93 bits per heavy atom. The maximum absolute atomic E-state index is 12.3. The standard InChI is InChI=1S/C20H20Cl2N4O2S/c1-12-4-5-14(21)9-17(12)23-19(27)11-29-20-25-24-18(26(20)3)10-28-15-6-7-16(22)13(2)8-15/h4-9H,10-11H2,1-3H3,(H,23,27). The van der Waals surface area contributed by atoms with Gasteiger partial charge in [0, 0.05) is 22.8 Å². The molecule has 3 aromatic rings. The number of carbonyl (C=O) groups excluding carboxylic acids is 1. The molecule has 1 N–H and O–H groups in total. The number of amides is 1. The number of carbonyl (C=O) groups is 1. The third-order valence-electron chi connectivity index (χ3n) is 4.23. The maximum atomic E-state index is 12.3. The lowest BCUT2D eigenvalue weighted by molar-refractivity contribution is -0.113. The molecule has 1 amide bonds. The maximum Gasteiger partial charge on any atom is 0.234 e. The van der Waals surface area contributed by atoms with E-state index in [9.17, 15) is 4.79 Å². The summed E-state index contributed by atoms with van der Waals surface area (Å²) in [5.41, 5.74) is 2.59. The van der Waals surface area contributed by atoms with Crippen molar-refractivity contribution in [1.29, 1.82) is 0 Å². The fourth-order valence-electron chi connectivity index (χ4n) is 2.50. The van der Waals surface area contributed by atoms with E-state index in [-0.39, 0.29) is 18.3 Å². The number of nitrogens with one attached hydrogen (secondary N) is 1. The molecule has 152 valence electrons. The molecule has 0 saturated carbocycles. The SMILES string of the molecule is Cc1cc(OCc2nnc(SCC(=O)Nc3cc(Cl)ccc3C)n2C)ccc1Cl. The normalized spacial score (nSPS) is 10.8. The van der Waals surface area contributed by atoms with Crippen LogP contribution in [-0.2, 0) is 18.4 Å². The first-order chi connectivity index (χ1) is 13.8. The Bertz CT molecular complexity index is 1040. The lowest BCUT2D eigenvalue weighted by atomic mass is 10.2. The average molecular weight is 451 g/mol. The average Bonchev–Trinajstić information content (AvgIpc) is 3.04. The smallest absolute Gasteiger partial charge is 0.234 e. The topological polar surface area (TPSA) is 69.0 Å². The fourth-order valence-corrected chi connectivity index (χ4v) is 3.52. The van der Waals surface area contributed by atoms with Crippen LogP contribution in [0.15, 0.2) is 41.6 Å². The summed E-state index contributed by atoms with van der Waals surface area (Å²) < 4.78 is 7.58. The molecule has 1 aromatic heterocycles. The number of aryl methyl sites for hydroxylation is 2. The Morgan fingerprint density at radius 3 is 2.69 bits per heavy atom. The molecule has 1 heterocycles. The number of hydrogen-bond acceptors (Lipinski definition) is 5. The summed E-state index contributed by atoms with van der Waals surface area (Å²) in [4.78, 5) is 12.3. The Hall–Kier alpha value is -2.22. The van der Waals surface area contributed by atoms with Crippen LogP contribution in [0.3, 0.4) is 0 Å². The van der Waals surface area contributed by atoms with Crippen molar-refractivity contribution in [3.8, 4) is 5.75 Å². The summed E-state index contributed by atoms with van der Waals surface area (Å²) >= 11 is 13.3. The van der Waals surface area contributed by atoms with Crippen molar-refractivity contribution >= 4 is 46.6 Å². The van der Waals surface area contributed by atoms with E-state index in [1.54, 1.807) is 18.2 Å². The van der Waals surface area contributed by atoms with Crippen molar-refractivity contribution in [2.75, 3.05) is 11.1 Å². The van der Waals surface area contributed by atoms with Crippen molar-refractivity contribution in [1.82, 2.24) is 14.8 Å². The molecule has 9 heteroatoms. The Balaban J connectivity index is 1.55. The highest BCUT2D eigenvalue weighted by molar-refractivity contribution is 7.99. The van der Waals surface area contributed by atoms with Gasteiger partial charge in [-0.2, -0.15) is 0 Å². The predicted octanol–water partition coefficient (Wildman–Crippen LogP) is 5.05. The van der Waals surface area contributed by atoms with Gasteiger partial charge in [-0.3, -0.25) is 4.79 Å². The lowest BCUT2D eigenvalue weighted by Gasteiger charge is -2.09. The van der Waals surface area contributed by atoms with Gasteiger partial charge < -0.3 is 14.6 Å². The molecule has 2 aromatic carbocycles. The zero-order chi connectivity index (χ0) is 21.0. The number of anilines is 1. The molecular formula is C20H20Cl2N4O2S. The number of aromatic nitrogens is 3. The summed E-state index contributed by atoms with van der Waals surface area (Å²) in [5, 5.41) is 13.1. The van der Waals surface area contributed by atoms with Gasteiger partial charge >= 0.3 is 0 Å². The molecule has 0 fully saturated rings. The third-order valence-corrected chi connectivity index (χ3v) is 5.91. The lowest BCUT2D eigenvalue weighted by Crippen LogP contribution is -2.15. The molecule has 0 aliphatic rings. The highest BCUT2D eigenvalue weighted by Gasteiger charge is 2.13. The molecule has 0 spiro atoms. The quantitative estimate of drug-likeness (QED) is 0.510. The molecular weight excluding hydrogens is 431 g/mol. The molecule has 0 aliphatic heterocycles. The van der Waals surface area contributed by atoms with E-state index in [0.717, 1.165) is 11.1 Å². The molecule has 0 radical (unpaired) electrons. The second-order valence-electron chi connectivity index (χ2n) is 6.45. The molecule has 0 unspecified atom stereocenters. The largest absolute Gasteiger partial charge is 0.486 e. The highest BCUT2D eigenvalue weighted by Crippen LogP contribution is 2.23. The van der Waals surface area contributed by atoms with Crippen LogP contribution in [0, 0.1) is 13.8 Å². The first-order valence-electron chi connectivity index (χ1n) is 8.79. The highest BCUT2D eigenvalue weighted by atomic mass is 35.5. The van der Waals surface area contributed by atoms with Crippen molar-refractivity contribution in [3.63, 3.8) is 0 Å². The predicted molar refractivity (Wildman–Crippen MR) is 117 cm³/mol. The Morgan fingerprint density at radius 1 is 1.14 bits per heavy atom. The molecule has 3 rings (SSSR count). The van der Waals surface area contributed by atoms with Crippen LogP contribution in [0.25, 0.3) is 0 Å². The van der Waals surface area contributed by atoms with Crippen LogP contribution in [0.5, 0.6) is 5.75 Å². The minimum atomic E-state index is -0.141. The summed E-state index contributed by atoms with van der Waals surface area (Å²) in [6, 6.07) is 10.9. The van der Waals surface area contributed by atoms with Gasteiger partial charge in [0.05, 0.1) is 5.75 Å². The van der Waals surface area contributed by atoms with E-state index in [4.69, 9.17) is 27.9 Å². The van der Waals surface area contributed by atoms with Crippen LogP contribution in [0.2, 0.25) is 10.0 Å². The van der Waals surface area contributed by atoms with Gasteiger partial charge in [-0.15, -0.1) is 10.2 Å². The van der Waals surface area contributed by atoms with Crippen molar-refractivity contribution < 1.29 is 9.53 Å². The van der Waals surface area contributed by atoms with Crippen LogP contribution in [0.4, 0.5) is 5.69 Å². The first-order valence-corrected chi connectivity index (χ1v) is 10.5. The van der Waals surface area contributed by atoms with Gasteiger partial charge in [-0.25, -0.2) is 0 Å². The van der Waals surface area contributed by atoms with Crippen molar-refractivity contribution in [2.24, 2.45) is 7.05 Å². The number of thioether (sulfide) groups is 1. The molecule has 0 bridgehead atoms. The summed E-state index contributed by atoms with van der Waals surface area (Å²) in [6.07, 6.45) is 0. The minimum Gasteiger partial charge on any atom is -0.486 e. The van der Waals surface area contributed by atoms with E-state index in [0.29, 0.717) is 32.5 Å². The van der Waals surface area contributed by atoms with Gasteiger partial charge in [-0.1, -0.05) is 41.0 Å². The summed E-state index contributed by atoms with van der Waals surface area (Å²) in [5.74, 6) is 1.43.